The molecule has 0 saturated carbocycles. The molecule has 1 aliphatic rings. The van der Waals surface area contributed by atoms with Gasteiger partial charge in [-0.15, -0.1) is 0 Å². The number of aryl methyl sites for hydroxylation is 1. The Hall–Kier alpha value is -1.00. The highest BCUT2D eigenvalue weighted by Gasteiger charge is 2.29. The van der Waals surface area contributed by atoms with E-state index in [-0.39, 0.29) is 5.91 Å². The highest BCUT2D eigenvalue weighted by atomic mass is 32.2. The first-order valence-electron chi connectivity index (χ1n) is 7.19. The van der Waals surface area contributed by atoms with Gasteiger partial charge in [0.1, 0.15) is 0 Å². The number of thioether (sulfide) groups is 1. The fourth-order valence-electron chi connectivity index (χ4n) is 2.32. The number of carbonyl (C=O) groups is 1. The molecule has 1 aromatic carbocycles. The van der Waals surface area contributed by atoms with Gasteiger partial charge in [0.25, 0.3) is 0 Å². The first-order valence-corrected chi connectivity index (χ1v) is 8.34. The average Bonchev–Trinajstić information content (AvgIpc) is 2.44. The Morgan fingerprint density at radius 1 is 1.30 bits per heavy atom. The van der Waals surface area contributed by atoms with Crippen LogP contribution >= 0.6 is 11.8 Å². The number of benzene rings is 1. The quantitative estimate of drug-likeness (QED) is 0.847. The van der Waals surface area contributed by atoms with Gasteiger partial charge in [0.2, 0.25) is 5.91 Å². The van der Waals surface area contributed by atoms with Gasteiger partial charge in [-0.2, -0.15) is 11.8 Å². The van der Waals surface area contributed by atoms with Gasteiger partial charge in [-0.25, -0.2) is 0 Å². The lowest BCUT2D eigenvalue weighted by Crippen LogP contribution is -2.45. The van der Waals surface area contributed by atoms with Crippen molar-refractivity contribution in [2.45, 2.75) is 31.8 Å². The smallest absolute Gasteiger partial charge is 0.232 e. The van der Waals surface area contributed by atoms with E-state index < -0.39 is 5.60 Å². The maximum Gasteiger partial charge on any atom is 0.232 e. The average molecular weight is 293 g/mol. The Morgan fingerprint density at radius 2 is 1.95 bits per heavy atom. The summed E-state index contributed by atoms with van der Waals surface area (Å²) < 4.78 is 0. The molecule has 110 valence electrons. The second kappa shape index (κ2) is 7.14. The summed E-state index contributed by atoms with van der Waals surface area (Å²) >= 11 is 1.70. The molecule has 3 nitrogen and oxygen atoms in total. The first-order chi connectivity index (χ1) is 9.57. The van der Waals surface area contributed by atoms with Gasteiger partial charge in [-0.3, -0.25) is 4.79 Å². The van der Waals surface area contributed by atoms with Crippen LogP contribution in [0.3, 0.4) is 0 Å². The minimum atomic E-state index is -0.586. The molecule has 4 heteroatoms. The summed E-state index contributed by atoms with van der Waals surface area (Å²) in [7, 11) is 0. The van der Waals surface area contributed by atoms with Crippen molar-refractivity contribution in [3.05, 3.63) is 35.9 Å². The van der Waals surface area contributed by atoms with Crippen molar-refractivity contribution in [3.63, 3.8) is 0 Å². The van der Waals surface area contributed by atoms with Crippen LogP contribution < -0.4 is 0 Å². The van der Waals surface area contributed by atoms with Crippen molar-refractivity contribution >= 4 is 17.7 Å². The topological polar surface area (TPSA) is 40.5 Å². The van der Waals surface area contributed by atoms with E-state index in [9.17, 15) is 9.90 Å². The molecule has 0 aliphatic carbocycles. The Morgan fingerprint density at radius 3 is 2.60 bits per heavy atom. The molecule has 0 radical (unpaired) electrons. The Kier molecular flexibility index (Phi) is 5.49. The second-order valence-electron chi connectivity index (χ2n) is 5.67. The molecule has 1 heterocycles. The number of amides is 1. The summed E-state index contributed by atoms with van der Waals surface area (Å²) in [5.41, 5.74) is 0.735. The fourth-order valence-corrected chi connectivity index (χ4v) is 3.20. The predicted octanol–water partition coefficient (Wildman–Crippen LogP) is 2.34. The second-order valence-corrected chi connectivity index (χ2v) is 6.77. The number of hydrogen-bond acceptors (Lipinski definition) is 3. The van der Waals surface area contributed by atoms with Crippen LogP contribution in [0.25, 0.3) is 0 Å². The van der Waals surface area contributed by atoms with E-state index in [1.807, 2.05) is 30.0 Å². The third kappa shape index (κ3) is 4.84. The maximum absolute atomic E-state index is 12.0. The van der Waals surface area contributed by atoms with Crippen molar-refractivity contribution in [1.29, 1.82) is 0 Å². The monoisotopic (exact) mass is 293 g/mol. The minimum Gasteiger partial charge on any atom is -0.390 e. The number of nitrogens with zero attached hydrogens (tertiary/aromatic N) is 1. The van der Waals surface area contributed by atoms with Gasteiger partial charge in [0.05, 0.1) is 11.4 Å². The van der Waals surface area contributed by atoms with Crippen LogP contribution in [0.4, 0.5) is 0 Å². The van der Waals surface area contributed by atoms with Crippen molar-refractivity contribution in [3.8, 4) is 0 Å². The Balaban J connectivity index is 1.63. The number of hydrogen-bond donors (Lipinski definition) is 1. The van der Waals surface area contributed by atoms with Crippen molar-refractivity contribution in [1.82, 2.24) is 4.90 Å². The van der Waals surface area contributed by atoms with Crippen LogP contribution in [0.5, 0.6) is 0 Å². The van der Waals surface area contributed by atoms with Crippen LogP contribution in [-0.4, -0.2) is 46.1 Å². The van der Waals surface area contributed by atoms with Crippen LogP contribution in [0, 0.1) is 0 Å². The third-order valence-corrected chi connectivity index (χ3v) is 4.74. The summed E-state index contributed by atoms with van der Waals surface area (Å²) in [6.07, 6.45) is 2.38. The van der Waals surface area contributed by atoms with Gasteiger partial charge < -0.3 is 10.0 Å². The molecule has 1 amide bonds. The molecule has 0 spiro atoms. The van der Waals surface area contributed by atoms with E-state index in [1.165, 1.54) is 5.56 Å². The molecule has 0 unspecified atom stereocenters. The van der Waals surface area contributed by atoms with Crippen molar-refractivity contribution < 1.29 is 9.90 Å². The number of likely N-dealkylation sites (tertiary alicyclic amines) is 1. The molecule has 1 aromatic rings. The fraction of sp³-hybridized carbons (Fsp3) is 0.562. The van der Waals surface area contributed by atoms with E-state index in [0.29, 0.717) is 31.7 Å². The molecule has 1 fully saturated rings. The van der Waals surface area contributed by atoms with E-state index in [1.54, 1.807) is 11.8 Å². The molecular weight excluding hydrogens is 270 g/mol. The minimum absolute atomic E-state index is 0.207. The highest BCUT2D eigenvalue weighted by Crippen LogP contribution is 2.21. The van der Waals surface area contributed by atoms with E-state index in [0.717, 1.165) is 12.2 Å². The lowest BCUT2D eigenvalue weighted by Gasteiger charge is -2.35. The highest BCUT2D eigenvalue weighted by molar-refractivity contribution is 7.99. The van der Waals surface area contributed by atoms with Gasteiger partial charge in [0.15, 0.2) is 0 Å². The summed E-state index contributed by atoms with van der Waals surface area (Å²) in [4.78, 5) is 13.9. The lowest BCUT2D eigenvalue weighted by molar-refractivity contribution is -0.132. The first kappa shape index (κ1) is 15.4. The molecule has 1 N–H and O–H groups in total. The van der Waals surface area contributed by atoms with Gasteiger partial charge in [-0.1, -0.05) is 30.3 Å². The molecule has 2 rings (SSSR count). The third-order valence-electron chi connectivity index (χ3n) is 3.80. The van der Waals surface area contributed by atoms with Crippen molar-refractivity contribution in [2.75, 3.05) is 24.6 Å². The van der Waals surface area contributed by atoms with Crippen LogP contribution in [-0.2, 0) is 11.2 Å². The molecule has 0 aromatic heterocycles. The molecule has 20 heavy (non-hydrogen) atoms. The van der Waals surface area contributed by atoms with Gasteiger partial charge >= 0.3 is 0 Å². The van der Waals surface area contributed by atoms with Crippen molar-refractivity contribution in [2.24, 2.45) is 0 Å². The number of carbonyl (C=O) groups excluding carboxylic acids is 1. The molecule has 0 bridgehead atoms. The largest absolute Gasteiger partial charge is 0.390 e. The summed E-state index contributed by atoms with van der Waals surface area (Å²) in [5, 5.41) is 9.87. The van der Waals surface area contributed by atoms with Gasteiger partial charge in [-0.05, 0) is 37.5 Å². The number of rotatable bonds is 5. The molecule has 1 saturated heterocycles. The molecule has 0 atom stereocenters. The van der Waals surface area contributed by atoms with E-state index in [4.69, 9.17) is 0 Å². The molecular formula is C16H23NO2S. The van der Waals surface area contributed by atoms with Gasteiger partial charge in [0, 0.05) is 13.1 Å². The summed E-state index contributed by atoms with van der Waals surface area (Å²) in [5.74, 6) is 1.73. The van der Waals surface area contributed by atoms with Crippen LogP contribution in [0.1, 0.15) is 25.3 Å². The predicted molar refractivity (Wildman–Crippen MR) is 83.9 cm³/mol. The molecule has 1 aliphatic heterocycles. The SMILES string of the molecule is CC1(O)CCN(C(=O)CSCCc2ccccc2)CC1. The zero-order valence-electron chi connectivity index (χ0n) is 12.0. The Labute approximate surface area is 125 Å². The zero-order chi connectivity index (χ0) is 14.4. The number of piperidine rings is 1. The maximum atomic E-state index is 12.0. The van der Waals surface area contributed by atoms with Crippen LogP contribution in [0.15, 0.2) is 30.3 Å². The zero-order valence-corrected chi connectivity index (χ0v) is 12.9. The number of aliphatic hydroxyl groups is 1. The van der Waals surface area contributed by atoms with Crippen LogP contribution in [0.2, 0.25) is 0 Å². The summed E-state index contributed by atoms with van der Waals surface area (Å²) in [6.45, 7) is 3.22. The lowest BCUT2D eigenvalue weighted by atomic mass is 9.94. The normalized spacial score (nSPS) is 18.0. The summed E-state index contributed by atoms with van der Waals surface area (Å²) in [6, 6.07) is 10.4. The Bertz CT molecular complexity index is 423. The van der Waals surface area contributed by atoms with E-state index in [2.05, 4.69) is 12.1 Å². The van der Waals surface area contributed by atoms with E-state index >= 15 is 0 Å². The standard InChI is InChI=1S/C16H23NO2S/c1-16(19)8-10-17(11-9-16)15(18)13-20-12-7-14-5-3-2-4-6-14/h2-6,19H,7-13H2,1H3.